The van der Waals surface area contributed by atoms with Crippen LogP contribution in [0.3, 0.4) is 0 Å². The number of hydrogen-bond acceptors (Lipinski definition) is 4. The molecule has 0 aliphatic heterocycles. The number of Topliss-reactive ketones (excluding diaryl/α,β-unsaturated/α-hetero) is 1. The highest BCUT2D eigenvalue weighted by Gasteiger charge is 2.23. The van der Waals surface area contributed by atoms with Gasteiger partial charge in [-0.25, -0.2) is 9.37 Å². The van der Waals surface area contributed by atoms with Crippen LogP contribution in [0.2, 0.25) is 0 Å². The lowest BCUT2D eigenvalue weighted by molar-refractivity contribution is 0.102. The fraction of sp³-hybridized carbons (Fsp3) is 0.450. The normalized spacial score (nSPS) is 16.4. The molecule has 26 heavy (non-hydrogen) atoms. The molecule has 1 atom stereocenters. The summed E-state index contributed by atoms with van der Waals surface area (Å²) in [5.74, 6) is 0.463. The van der Waals surface area contributed by atoms with Crippen LogP contribution in [0.5, 0.6) is 0 Å². The van der Waals surface area contributed by atoms with Crippen molar-refractivity contribution in [1.29, 1.82) is 0 Å². The van der Waals surface area contributed by atoms with Crippen LogP contribution in [-0.2, 0) is 0 Å². The first-order valence-corrected chi connectivity index (χ1v) is 10.0. The molecule has 1 aromatic carbocycles. The summed E-state index contributed by atoms with van der Waals surface area (Å²) in [5.41, 5.74) is 1.07. The van der Waals surface area contributed by atoms with Crippen molar-refractivity contribution < 1.29 is 9.18 Å². The number of aromatic nitrogens is 2. The lowest BCUT2D eigenvalue weighted by atomic mass is 9.79. The van der Waals surface area contributed by atoms with E-state index in [4.69, 9.17) is 0 Å². The van der Waals surface area contributed by atoms with Crippen molar-refractivity contribution >= 4 is 17.5 Å². The highest BCUT2D eigenvalue weighted by atomic mass is 32.2. The van der Waals surface area contributed by atoms with Crippen LogP contribution in [0, 0.1) is 11.7 Å². The molecule has 1 unspecified atom stereocenters. The van der Waals surface area contributed by atoms with Gasteiger partial charge in [-0.15, -0.1) is 0 Å². The number of aromatic amines is 1. The van der Waals surface area contributed by atoms with Crippen molar-refractivity contribution in [1.82, 2.24) is 9.97 Å². The van der Waals surface area contributed by atoms with Gasteiger partial charge in [-0.05, 0) is 43.0 Å². The zero-order valence-electron chi connectivity index (χ0n) is 14.8. The van der Waals surface area contributed by atoms with Gasteiger partial charge in [0, 0.05) is 17.5 Å². The number of rotatable bonds is 6. The molecule has 1 N–H and O–H groups in total. The molecule has 0 spiro atoms. The van der Waals surface area contributed by atoms with Gasteiger partial charge in [0.1, 0.15) is 5.82 Å². The molecule has 1 aliphatic rings. The van der Waals surface area contributed by atoms with E-state index in [1.807, 2.05) is 0 Å². The number of hydrogen-bond donors (Lipinski definition) is 1. The Morgan fingerprint density at radius 1 is 1.27 bits per heavy atom. The maximum absolute atomic E-state index is 13.0. The molecule has 0 saturated heterocycles. The average molecular weight is 374 g/mol. The van der Waals surface area contributed by atoms with E-state index < -0.39 is 0 Å². The lowest BCUT2D eigenvalue weighted by Gasteiger charge is -2.27. The van der Waals surface area contributed by atoms with Gasteiger partial charge in [0.15, 0.2) is 10.9 Å². The summed E-state index contributed by atoms with van der Waals surface area (Å²) in [6.07, 6.45) is 6.14. The average Bonchev–Trinajstić information content (AvgIpc) is 2.66. The summed E-state index contributed by atoms with van der Waals surface area (Å²) >= 11 is 1.21. The molecule has 2 aromatic rings. The van der Waals surface area contributed by atoms with Gasteiger partial charge in [-0.1, -0.05) is 37.9 Å². The molecule has 138 valence electrons. The van der Waals surface area contributed by atoms with Crippen LogP contribution < -0.4 is 5.56 Å². The fourth-order valence-electron chi connectivity index (χ4n) is 3.48. The number of benzene rings is 1. The Bertz CT molecular complexity index is 813. The summed E-state index contributed by atoms with van der Waals surface area (Å²) in [7, 11) is 0. The molecule has 1 saturated carbocycles. The first-order valence-electron chi connectivity index (χ1n) is 9.06. The smallest absolute Gasteiger partial charge is 0.251 e. The van der Waals surface area contributed by atoms with Crippen molar-refractivity contribution in [2.24, 2.45) is 5.92 Å². The summed E-state index contributed by atoms with van der Waals surface area (Å²) < 4.78 is 13.0. The van der Waals surface area contributed by atoms with Gasteiger partial charge < -0.3 is 4.98 Å². The Morgan fingerprint density at radius 3 is 2.65 bits per heavy atom. The van der Waals surface area contributed by atoms with E-state index in [-0.39, 0.29) is 28.8 Å². The molecular formula is C20H23FN2O2S. The Kier molecular flexibility index (Phi) is 6.25. The Balaban J connectivity index is 1.68. The van der Waals surface area contributed by atoms with Crippen molar-refractivity contribution in [2.45, 2.75) is 50.1 Å². The van der Waals surface area contributed by atoms with Crippen molar-refractivity contribution in [2.75, 3.05) is 5.75 Å². The summed E-state index contributed by atoms with van der Waals surface area (Å²) in [4.78, 5) is 31.5. The largest absolute Gasteiger partial charge is 0.301 e. The van der Waals surface area contributed by atoms with Crippen LogP contribution in [0.15, 0.2) is 40.3 Å². The van der Waals surface area contributed by atoms with Gasteiger partial charge in [0.25, 0.3) is 5.56 Å². The van der Waals surface area contributed by atoms with Crippen LogP contribution in [0.25, 0.3) is 0 Å². The summed E-state index contributed by atoms with van der Waals surface area (Å²) in [5, 5.41) is 0.464. The standard InChI is InChI=1S/C20H23FN2O2S/c1-13(14-5-3-2-4-6-14)17-11-19(25)23-20(22-17)26-12-18(24)15-7-9-16(21)10-8-15/h7-11,13-14H,2-6,12H2,1H3,(H,22,23,25). The molecule has 3 rings (SSSR count). The summed E-state index contributed by atoms with van der Waals surface area (Å²) in [6.45, 7) is 2.13. The number of ketones is 1. The van der Waals surface area contributed by atoms with E-state index in [0.717, 1.165) is 5.69 Å². The minimum absolute atomic E-state index is 0.122. The molecule has 0 amide bonds. The van der Waals surface area contributed by atoms with Crippen molar-refractivity contribution in [3.05, 3.63) is 57.8 Å². The van der Waals surface area contributed by atoms with E-state index in [0.29, 0.717) is 16.6 Å². The van der Waals surface area contributed by atoms with E-state index in [9.17, 15) is 14.0 Å². The molecule has 1 aromatic heterocycles. The van der Waals surface area contributed by atoms with Gasteiger partial charge >= 0.3 is 0 Å². The van der Waals surface area contributed by atoms with Crippen molar-refractivity contribution in [3.63, 3.8) is 0 Å². The molecule has 1 heterocycles. The number of thioether (sulfide) groups is 1. The number of carbonyl (C=O) groups excluding carboxylic acids is 1. The zero-order valence-corrected chi connectivity index (χ0v) is 15.7. The molecule has 0 bridgehead atoms. The molecule has 1 aliphatic carbocycles. The van der Waals surface area contributed by atoms with Gasteiger partial charge in [0.05, 0.1) is 11.4 Å². The Morgan fingerprint density at radius 2 is 1.96 bits per heavy atom. The molecule has 6 heteroatoms. The second-order valence-electron chi connectivity index (χ2n) is 6.88. The topological polar surface area (TPSA) is 62.8 Å². The molecule has 0 radical (unpaired) electrons. The number of halogens is 1. The zero-order chi connectivity index (χ0) is 18.5. The van der Waals surface area contributed by atoms with E-state index >= 15 is 0 Å². The van der Waals surface area contributed by atoms with E-state index in [1.165, 1.54) is 68.1 Å². The van der Waals surface area contributed by atoms with Crippen LogP contribution in [0.1, 0.15) is 61.0 Å². The molecular weight excluding hydrogens is 351 g/mol. The Labute approximate surface area is 156 Å². The van der Waals surface area contributed by atoms with Gasteiger partial charge in [0.2, 0.25) is 0 Å². The van der Waals surface area contributed by atoms with Crippen LogP contribution >= 0.6 is 11.8 Å². The van der Waals surface area contributed by atoms with Gasteiger partial charge in [-0.3, -0.25) is 9.59 Å². The van der Waals surface area contributed by atoms with Crippen LogP contribution in [0.4, 0.5) is 4.39 Å². The third-order valence-electron chi connectivity index (χ3n) is 5.07. The van der Waals surface area contributed by atoms with E-state index in [1.54, 1.807) is 6.07 Å². The SMILES string of the molecule is CC(c1cc(=O)[nH]c(SCC(=O)c2ccc(F)cc2)n1)C1CCCCC1. The molecule has 4 nitrogen and oxygen atoms in total. The number of nitrogens with zero attached hydrogens (tertiary/aromatic N) is 1. The number of nitrogens with one attached hydrogen (secondary N) is 1. The highest BCUT2D eigenvalue weighted by molar-refractivity contribution is 7.99. The number of H-pyrrole nitrogens is 1. The predicted octanol–water partition coefficient (Wildman–Crippen LogP) is 4.57. The first-order chi connectivity index (χ1) is 12.5. The monoisotopic (exact) mass is 374 g/mol. The third kappa shape index (κ3) is 4.81. The first kappa shape index (κ1) is 18.8. The third-order valence-corrected chi connectivity index (χ3v) is 5.94. The number of carbonyl (C=O) groups is 1. The maximum atomic E-state index is 13.0. The second-order valence-corrected chi connectivity index (χ2v) is 7.84. The summed E-state index contributed by atoms with van der Waals surface area (Å²) in [6, 6.07) is 7.05. The Hall–Kier alpha value is -1.95. The fourth-order valence-corrected chi connectivity index (χ4v) is 4.26. The lowest BCUT2D eigenvalue weighted by Crippen LogP contribution is -2.19. The van der Waals surface area contributed by atoms with Gasteiger partial charge in [-0.2, -0.15) is 0 Å². The minimum atomic E-state index is -0.371. The molecule has 1 fully saturated rings. The second kappa shape index (κ2) is 8.62. The van der Waals surface area contributed by atoms with Crippen molar-refractivity contribution in [3.8, 4) is 0 Å². The minimum Gasteiger partial charge on any atom is -0.301 e. The maximum Gasteiger partial charge on any atom is 0.251 e. The highest BCUT2D eigenvalue weighted by Crippen LogP contribution is 2.34. The predicted molar refractivity (Wildman–Crippen MR) is 101 cm³/mol. The van der Waals surface area contributed by atoms with E-state index in [2.05, 4.69) is 16.9 Å². The quantitative estimate of drug-likeness (QED) is 0.457. The van der Waals surface area contributed by atoms with Crippen LogP contribution in [-0.4, -0.2) is 21.5 Å².